The van der Waals surface area contributed by atoms with Gasteiger partial charge in [-0.15, -0.1) is 0 Å². The Bertz CT molecular complexity index is 560. The highest BCUT2D eigenvalue weighted by molar-refractivity contribution is 5.59. The summed E-state index contributed by atoms with van der Waals surface area (Å²) >= 11 is 0. The summed E-state index contributed by atoms with van der Waals surface area (Å²) in [6.07, 6.45) is 2.78. The van der Waals surface area contributed by atoms with Gasteiger partial charge in [0.05, 0.1) is 6.20 Å². The SMILES string of the molecule is Cc1cnn2c(N)cc(N3CCC(N)C3)nc12. The lowest BCUT2D eigenvalue weighted by Gasteiger charge is -2.17. The number of hydrogen-bond acceptors (Lipinski definition) is 5. The third kappa shape index (κ3) is 1.61. The number of nitrogen functional groups attached to an aromatic ring is 1. The summed E-state index contributed by atoms with van der Waals surface area (Å²) in [5.41, 5.74) is 13.7. The van der Waals surface area contributed by atoms with Crippen LogP contribution in [0.4, 0.5) is 11.6 Å². The van der Waals surface area contributed by atoms with Crippen molar-refractivity contribution in [3.05, 3.63) is 17.8 Å². The summed E-state index contributed by atoms with van der Waals surface area (Å²) in [7, 11) is 0. The minimum absolute atomic E-state index is 0.236. The van der Waals surface area contributed by atoms with Crippen molar-refractivity contribution in [2.45, 2.75) is 19.4 Å². The molecule has 6 nitrogen and oxygen atoms in total. The Labute approximate surface area is 99.2 Å². The molecule has 3 rings (SSSR count). The maximum Gasteiger partial charge on any atom is 0.162 e. The molecular weight excluding hydrogens is 216 g/mol. The van der Waals surface area contributed by atoms with Gasteiger partial charge in [0.15, 0.2) is 5.65 Å². The van der Waals surface area contributed by atoms with E-state index in [0.29, 0.717) is 5.82 Å². The van der Waals surface area contributed by atoms with Crippen LogP contribution in [0.3, 0.4) is 0 Å². The van der Waals surface area contributed by atoms with Crippen LogP contribution in [0.5, 0.6) is 0 Å². The van der Waals surface area contributed by atoms with E-state index in [2.05, 4.69) is 15.0 Å². The Morgan fingerprint density at radius 2 is 2.29 bits per heavy atom. The Morgan fingerprint density at radius 1 is 1.47 bits per heavy atom. The average Bonchev–Trinajstić information content (AvgIpc) is 2.87. The molecule has 1 unspecified atom stereocenters. The van der Waals surface area contributed by atoms with Crippen molar-refractivity contribution in [2.75, 3.05) is 23.7 Å². The summed E-state index contributed by atoms with van der Waals surface area (Å²) in [6, 6.07) is 2.09. The maximum absolute atomic E-state index is 5.98. The molecule has 0 spiro atoms. The number of nitrogens with zero attached hydrogens (tertiary/aromatic N) is 4. The van der Waals surface area contributed by atoms with E-state index in [9.17, 15) is 0 Å². The van der Waals surface area contributed by atoms with E-state index >= 15 is 0 Å². The van der Waals surface area contributed by atoms with Gasteiger partial charge >= 0.3 is 0 Å². The van der Waals surface area contributed by atoms with Gasteiger partial charge in [0, 0.05) is 30.8 Å². The van der Waals surface area contributed by atoms with Crippen molar-refractivity contribution in [3.8, 4) is 0 Å². The highest BCUT2D eigenvalue weighted by Gasteiger charge is 2.21. The number of hydrogen-bond donors (Lipinski definition) is 2. The molecule has 90 valence electrons. The molecule has 3 heterocycles. The minimum Gasteiger partial charge on any atom is -0.383 e. The first-order valence-electron chi connectivity index (χ1n) is 5.76. The molecule has 1 fully saturated rings. The Hall–Kier alpha value is -1.82. The van der Waals surface area contributed by atoms with Gasteiger partial charge in [0.25, 0.3) is 0 Å². The lowest BCUT2D eigenvalue weighted by molar-refractivity contribution is 0.751. The number of aryl methyl sites for hydroxylation is 1. The fourth-order valence-electron chi connectivity index (χ4n) is 2.24. The third-order valence-corrected chi connectivity index (χ3v) is 3.21. The number of nitrogens with two attached hydrogens (primary N) is 2. The molecule has 1 saturated heterocycles. The quantitative estimate of drug-likeness (QED) is 0.731. The lowest BCUT2D eigenvalue weighted by Crippen LogP contribution is -2.27. The zero-order chi connectivity index (χ0) is 12.0. The van der Waals surface area contributed by atoms with Crippen LogP contribution in [0.25, 0.3) is 5.65 Å². The fraction of sp³-hybridized carbons (Fsp3) is 0.455. The van der Waals surface area contributed by atoms with Crippen LogP contribution in [0, 0.1) is 6.92 Å². The lowest BCUT2D eigenvalue weighted by atomic mass is 10.3. The van der Waals surface area contributed by atoms with Gasteiger partial charge in [-0.25, -0.2) is 4.98 Å². The van der Waals surface area contributed by atoms with E-state index in [0.717, 1.165) is 36.5 Å². The second-order valence-electron chi connectivity index (χ2n) is 4.60. The number of fused-ring (bicyclic) bond motifs is 1. The van der Waals surface area contributed by atoms with Crippen molar-refractivity contribution in [3.63, 3.8) is 0 Å². The first-order chi connectivity index (χ1) is 8.15. The monoisotopic (exact) mass is 232 g/mol. The Kier molecular flexibility index (Phi) is 2.19. The van der Waals surface area contributed by atoms with Crippen molar-refractivity contribution in [2.24, 2.45) is 5.73 Å². The first-order valence-corrected chi connectivity index (χ1v) is 5.76. The van der Waals surface area contributed by atoms with Crippen LogP contribution < -0.4 is 16.4 Å². The molecule has 2 aromatic heterocycles. The Balaban J connectivity index is 2.08. The van der Waals surface area contributed by atoms with Gasteiger partial charge in [-0.3, -0.25) is 0 Å². The fourth-order valence-corrected chi connectivity index (χ4v) is 2.24. The second kappa shape index (κ2) is 3.59. The van der Waals surface area contributed by atoms with E-state index in [4.69, 9.17) is 11.5 Å². The van der Waals surface area contributed by atoms with Gasteiger partial charge in [0.2, 0.25) is 0 Å². The normalized spacial score (nSPS) is 20.4. The molecule has 17 heavy (non-hydrogen) atoms. The topological polar surface area (TPSA) is 85.5 Å². The highest BCUT2D eigenvalue weighted by Crippen LogP contribution is 2.22. The van der Waals surface area contributed by atoms with Crippen LogP contribution in [0.2, 0.25) is 0 Å². The summed E-state index contributed by atoms with van der Waals surface area (Å²) in [5, 5.41) is 4.19. The predicted molar refractivity (Wildman–Crippen MR) is 66.9 cm³/mol. The molecule has 6 heteroatoms. The van der Waals surface area contributed by atoms with E-state index < -0.39 is 0 Å². The van der Waals surface area contributed by atoms with Gasteiger partial charge in [-0.1, -0.05) is 0 Å². The summed E-state index contributed by atoms with van der Waals surface area (Å²) in [4.78, 5) is 6.78. The van der Waals surface area contributed by atoms with Crippen LogP contribution >= 0.6 is 0 Å². The molecule has 0 radical (unpaired) electrons. The molecule has 0 saturated carbocycles. The molecular formula is C11H16N6. The standard InChI is InChI=1S/C11H16N6/c1-7-5-14-17-9(13)4-10(15-11(7)17)16-3-2-8(12)6-16/h4-5,8H,2-3,6,12-13H2,1H3. The molecule has 0 aromatic carbocycles. The minimum atomic E-state index is 0.236. The number of anilines is 2. The second-order valence-corrected chi connectivity index (χ2v) is 4.60. The van der Waals surface area contributed by atoms with E-state index in [1.54, 1.807) is 10.7 Å². The third-order valence-electron chi connectivity index (χ3n) is 3.21. The first kappa shape index (κ1) is 10.3. The van der Waals surface area contributed by atoms with Crippen LogP contribution in [0.1, 0.15) is 12.0 Å². The highest BCUT2D eigenvalue weighted by atomic mass is 15.3. The van der Waals surface area contributed by atoms with E-state index in [1.165, 1.54) is 0 Å². The van der Waals surface area contributed by atoms with Crippen molar-refractivity contribution < 1.29 is 0 Å². The van der Waals surface area contributed by atoms with E-state index in [-0.39, 0.29) is 6.04 Å². The van der Waals surface area contributed by atoms with Gasteiger partial charge in [0.1, 0.15) is 11.6 Å². The van der Waals surface area contributed by atoms with Gasteiger partial charge < -0.3 is 16.4 Å². The smallest absolute Gasteiger partial charge is 0.162 e. The van der Waals surface area contributed by atoms with Crippen LogP contribution in [-0.4, -0.2) is 33.7 Å². The van der Waals surface area contributed by atoms with Gasteiger partial charge in [-0.2, -0.15) is 9.61 Å². The molecule has 1 aliphatic heterocycles. The zero-order valence-electron chi connectivity index (χ0n) is 9.80. The van der Waals surface area contributed by atoms with Gasteiger partial charge in [-0.05, 0) is 13.3 Å². The summed E-state index contributed by atoms with van der Waals surface area (Å²) < 4.78 is 1.66. The van der Waals surface area contributed by atoms with Crippen LogP contribution in [-0.2, 0) is 0 Å². The zero-order valence-corrected chi connectivity index (χ0v) is 9.80. The molecule has 0 aliphatic carbocycles. The number of rotatable bonds is 1. The molecule has 4 N–H and O–H groups in total. The van der Waals surface area contributed by atoms with E-state index in [1.807, 2.05) is 13.0 Å². The Morgan fingerprint density at radius 3 is 3.00 bits per heavy atom. The van der Waals surface area contributed by atoms with Crippen molar-refractivity contribution >= 4 is 17.3 Å². The molecule has 1 atom stereocenters. The largest absolute Gasteiger partial charge is 0.383 e. The molecule has 0 bridgehead atoms. The average molecular weight is 232 g/mol. The maximum atomic E-state index is 5.98. The summed E-state index contributed by atoms with van der Waals surface area (Å²) in [6.45, 7) is 3.76. The van der Waals surface area contributed by atoms with Crippen LogP contribution in [0.15, 0.2) is 12.3 Å². The summed E-state index contributed by atoms with van der Waals surface area (Å²) in [5.74, 6) is 1.50. The molecule has 1 aliphatic rings. The molecule has 2 aromatic rings. The van der Waals surface area contributed by atoms with Crippen molar-refractivity contribution in [1.29, 1.82) is 0 Å². The predicted octanol–water partition coefficient (Wildman–Crippen LogP) is 0.157. The van der Waals surface area contributed by atoms with Crippen molar-refractivity contribution in [1.82, 2.24) is 14.6 Å². The number of aromatic nitrogens is 3. The molecule has 0 amide bonds.